The van der Waals surface area contributed by atoms with Crippen molar-refractivity contribution < 1.29 is 14.6 Å². The second-order valence-corrected chi connectivity index (χ2v) is 9.22. The first-order valence-corrected chi connectivity index (χ1v) is 10.5. The lowest BCUT2D eigenvalue weighted by molar-refractivity contribution is -0.153. The van der Waals surface area contributed by atoms with Crippen LogP contribution in [0.3, 0.4) is 0 Å². The van der Waals surface area contributed by atoms with Crippen LogP contribution in [0.5, 0.6) is 0 Å². The number of aliphatic hydroxyl groups is 1. The van der Waals surface area contributed by atoms with Gasteiger partial charge in [0.25, 0.3) is 0 Å². The average molecular weight is 337 g/mol. The van der Waals surface area contributed by atoms with Crippen LogP contribution in [0.2, 0.25) is 0 Å². The molecule has 0 radical (unpaired) electrons. The number of rotatable bonds is 6. The van der Waals surface area contributed by atoms with E-state index in [0.717, 1.165) is 48.3 Å². The zero-order valence-corrected chi connectivity index (χ0v) is 15.7. The van der Waals surface area contributed by atoms with E-state index in [1.165, 1.54) is 32.1 Å². The van der Waals surface area contributed by atoms with Crippen LogP contribution in [0.25, 0.3) is 0 Å². The maximum atomic E-state index is 10.9. The third-order valence-electron chi connectivity index (χ3n) is 8.21. The molecule has 8 unspecified atom stereocenters. The minimum Gasteiger partial charge on any atom is -0.393 e. The molecule has 0 aromatic carbocycles. The Morgan fingerprint density at radius 3 is 2.33 bits per heavy atom. The summed E-state index contributed by atoms with van der Waals surface area (Å²) < 4.78 is 11.4. The molecule has 3 nitrogen and oxygen atoms in total. The molecule has 4 fully saturated rings. The highest BCUT2D eigenvalue weighted by molar-refractivity contribution is 5.09. The molecule has 1 N–H and O–H groups in total. The van der Waals surface area contributed by atoms with Crippen LogP contribution >= 0.6 is 0 Å². The van der Waals surface area contributed by atoms with Crippen molar-refractivity contribution in [3.8, 4) is 0 Å². The molecule has 3 aliphatic carbocycles. The van der Waals surface area contributed by atoms with Gasteiger partial charge in [0.1, 0.15) is 0 Å². The lowest BCUT2D eigenvalue weighted by atomic mass is 9.68. The molecule has 0 aromatic heterocycles. The predicted octanol–water partition coefficient (Wildman–Crippen LogP) is 4.24. The topological polar surface area (TPSA) is 38.7 Å². The van der Waals surface area contributed by atoms with E-state index in [-0.39, 0.29) is 6.10 Å². The minimum absolute atomic E-state index is 0.163. The zero-order valence-electron chi connectivity index (χ0n) is 15.7. The van der Waals surface area contributed by atoms with E-state index in [1.54, 1.807) is 0 Å². The molecule has 24 heavy (non-hydrogen) atoms. The second-order valence-electron chi connectivity index (χ2n) is 9.22. The second kappa shape index (κ2) is 6.55. The van der Waals surface area contributed by atoms with Crippen LogP contribution in [-0.2, 0) is 9.47 Å². The molecular weight excluding hydrogens is 300 g/mol. The smallest absolute Gasteiger partial charge is 0.165 e. The average Bonchev–Trinajstić information content (AvgIpc) is 3.33. The van der Waals surface area contributed by atoms with Crippen LogP contribution in [0.15, 0.2) is 0 Å². The van der Waals surface area contributed by atoms with Crippen molar-refractivity contribution in [2.45, 2.75) is 77.6 Å². The molecule has 2 bridgehead atoms. The Morgan fingerprint density at radius 2 is 1.67 bits per heavy atom. The number of fused-ring (bicyclic) bond motifs is 5. The van der Waals surface area contributed by atoms with Gasteiger partial charge < -0.3 is 14.6 Å². The van der Waals surface area contributed by atoms with Crippen LogP contribution in [-0.4, -0.2) is 30.2 Å². The fourth-order valence-electron chi connectivity index (χ4n) is 7.21. The van der Waals surface area contributed by atoms with Gasteiger partial charge >= 0.3 is 0 Å². The summed E-state index contributed by atoms with van der Waals surface area (Å²) in [5.41, 5.74) is 0. The van der Waals surface area contributed by atoms with Crippen molar-refractivity contribution >= 4 is 0 Å². The largest absolute Gasteiger partial charge is 0.393 e. The zero-order chi connectivity index (χ0) is 16.9. The third kappa shape index (κ3) is 2.75. The van der Waals surface area contributed by atoms with Crippen molar-refractivity contribution in [2.75, 3.05) is 13.2 Å². The predicted molar refractivity (Wildman–Crippen MR) is 94.4 cm³/mol. The fraction of sp³-hybridized carbons (Fsp3) is 1.00. The quantitative estimate of drug-likeness (QED) is 0.788. The van der Waals surface area contributed by atoms with Gasteiger partial charge in [-0.3, -0.25) is 0 Å². The van der Waals surface area contributed by atoms with E-state index < -0.39 is 5.79 Å². The van der Waals surface area contributed by atoms with E-state index in [9.17, 15) is 5.11 Å². The summed E-state index contributed by atoms with van der Waals surface area (Å²) in [6.45, 7) is 8.19. The van der Waals surface area contributed by atoms with Crippen LogP contribution < -0.4 is 0 Å². The van der Waals surface area contributed by atoms with Crippen molar-refractivity contribution in [2.24, 2.45) is 41.4 Å². The highest BCUT2D eigenvalue weighted by atomic mass is 16.7. The summed E-state index contributed by atoms with van der Waals surface area (Å²) in [5.74, 6) is 5.54. The van der Waals surface area contributed by atoms with Crippen molar-refractivity contribution in [1.82, 2.24) is 0 Å². The first-order valence-electron chi connectivity index (χ1n) is 10.5. The van der Waals surface area contributed by atoms with Gasteiger partial charge in [-0.2, -0.15) is 0 Å². The van der Waals surface area contributed by atoms with E-state index in [4.69, 9.17) is 9.47 Å². The molecule has 0 spiro atoms. The molecule has 3 saturated carbocycles. The van der Waals surface area contributed by atoms with Crippen LogP contribution in [0.4, 0.5) is 0 Å². The molecule has 1 heterocycles. The Labute approximate surface area is 147 Å². The Morgan fingerprint density at radius 1 is 1.00 bits per heavy atom. The van der Waals surface area contributed by atoms with Gasteiger partial charge in [0.15, 0.2) is 5.79 Å². The first-order chi connectivity index (χ1) is 11.6. The van der Waals surface area contributed by atoms with Gasteiger partial charge in [-0.15, -0.1) is 0 Å². The highest BCUT2D eigenvalue weighted by Crippen LogP contribution is 2.66. The normalized spacial score (nSPS) is 47.2. The molecule has 1 aliphatic heterocycles. The first kappa shape index (κ1) is 17.3. The van der Waals surface area contributed by atoms with Gasteiger partial charge in [0.05, 0.1) is 19.3 Å². The van der Waals surface area contributed by atoms with E-state index in [1.807, 2.05) is 6.92 Å². The standard InChI is InChI=1S/C21H36O3/c1-4-13-10-14(5-2)20-17-12-15(19(13)20)11-16(17)18(22)6-7-21(3)23-8-9-24-21/h13-20,22H,4-12H2,1-3H3. The number of hydrogen-bond donors (Lipinski definition) is 1. The summed E-state index contributed by atoms with van der Waals surface area (Å²) in [4.78, 5) is 0. The van der Waals surface area contributed by atoms with E-state index in [0.29, 0.717) is 19.1 Å². The van der Waals surface area contributed by atoms with Crippen LogP contribution in [0.1, 0.15) is 65.7 Å². The van der Waals surface area contributed by atoms with Gasteiger partial charge in [-0.05, 0) is 74.0 Å². The molecule has 8 atom stereocenters. The molecule has 4 rings (SSSR count). The van der Waals surface area contributed by atoms with Crippen molar-refractivity contribution in [3.05, 3.63) is 0 Å². The van der Waals surface area contributed by atoms with Gasteiger partial charge in [0.2, 0.25) is 0 Å². The Bertz CT molecular complexity index is 444. The Balaban J connectivity index is 1.40. The summed E-state index contributed by atoms with van der Waals surface area (Å²) in [6.07, 6.45) is 8.32. The summed E-state index contributed by atoms with van der Waals surface area (Å²) in [5, 5.41) is 10.9. The fourth-order valence-corrected chi connectivity index (χ4v) is 7.21. The molecule has 3 heteroatoms. The SMILES string of the molecule is CCC1CC(CC)C2C3CC(CC3C(O)CCC3(C)OCCO3)C12. The Kier molecular flexibility index (Phi) is 4.73. The monoisotopic (exact) mass is 336 g/mol. The molecule has 0 amide bonds. The summed E-state index contributed by atoms with van der Waals surface area (Å²) in [7, 11) is 0. The number of ether oxygens (including phenoxy) is 2. The summed E-state index contributed by atoms with van der Waals surface area (Å²) in [6, 6.07) is 0. The third-order valence-corrected chi connectivity index (χ3v) is 8.21. The van der Waals surface area contributed by atoms with Crippen molar-refractivity contribution in [1.29, 1.82) is 0 Å². The molecule has 0 aromatic rings. The molecular formula is C21H36O3. The van der Waals surface area contributed by atoms with E-state index in [2.05, 4.69) is 13.8 Å². The van der Waals surface area contributed by atoms with E-state index >= 15 is 0 Å². The maximum Gasteiger partial charge on any atom is 0.165 e. The number of aliphatic hydroxyl groups excluding tert-OH is 1. The lowest BCUT2D eigenvalue weighted by Gasteiger charge is -2.38. The molecule has 1 saturated heterocycles. The van der Waals surface area contributed by atoms with Gasteiger partial charge in [-0.1, -0.05) is 26.7 Å². The minimum atomic E-state index is -0.451. The summed E-state index contributed by atoms with van der Waals surface area (Å²) >= 11 is 0. The highest BCUT2D eigenvalue weighted by Gasteiger charge is 2.60. The van der Waals surface area contributed by atoms with Gasteiger partial charge in [-0.25, -0.2) is 0 Å². The maximum absolute atomic E-state index is 10.9. The molecule has 138 valence electrons. The Hall–Kier alpha value is -0.120. The number of hydrogen-bond acceptors (Lipinski definition) is 3. The van der Waals surface area contributed by atoms with Gasteiger partial charge in [0, 0.05) is 6.42 Å². The lowest BCUT2D eigenvalue weighted by Crippen LogP contribution is -2.37. The van der Waals surface area contributed by atoms with Crippen LogP contribution in [0, 0.1) is 41.4 Å². The molecule has 4 aliphatic rings. The van der Waals surface area contributed by atoms with Crippen molar-refractivity contribution in [3.63, 3.8) is 0 Å².